The lowest BCUT2D eigenvalue weighted by Gasteiger charge is -2.30. The van der Waals surface area contributed by atoms with Gasteiger partial charge >= 0.3 is 5.97 Å². The van der Waals surface area contributed by atoms with Gasteiger partial charge in [0.15, 0.2) is 0 Å². The van der Waals surface area contributed by atoms with E-state index in [1.54, 1.807) is 0 Å². The number of carbonyl (C=O) groups excluding carboxylic acids is 1. The molecule has 0 spiro atoms. The van der Waals surface area contributed by atoms with Crippen LogP contribution in [0.4, 0.5) is 0 Å². The smallest absolute Gasteiger partial charge is 0.308 e. The van der Waals surface area contributed by atoms with Gasteiger partial charge < -0.3 is 14.0 Å². The second-order valence-electron chi connectivity index (χ2n) is 11.9. The van der Waals surface area contributed by atoms with Gasteiger partial charge in [-0.2, -0.15) is 0 Å². The average Bonchev–Trinajstić information content (AvgIpc) is 2.93. The second kappa shape index (κ2) is 19.7. The lowest BCUT2D eigenvalue weighted by Crippen LogP contribution is -2.40. The molecule has 0 fully saturated rings. The summed E-state index contributed by atoms with van der Waals surface area (Å²) in [5.74, 6) is 0.607. The molecule has 0 N–H and O–H groups in total. The molecule has 4 nitrogen and oxygen atoms in total. The summed E-state index contributed by atoms with van der Waals surface area (Å²) in [5, 5.41) is 0. The number of unbranched alkanes of at least 4 members (excludes halogenated alkanes) is 10. The molecular formula is C35H56NO3+. The van der Waals surface area contributed by atoms with Crippen LogP contribution in [0.5, 0.6) is 5.75 Å². The molecule has 4 heteroatoms. The Balaban J connectivity index is 1.54. The summed E-state index contributed by atoms with van der Waals surface area (Å²) < 4.78 is 12.2. The summed E-state index contributed by atoms with van der Waals surface area (Å²) in [7, 11) is 4.43. The van der Waals surface area contributed by atoms with Gasteiger partial charge in [-0.05, 0) is 30.5 Å². The predicted octanol–water partition coefficient (Wildman–Crippen LogP) is 8.76. The zero-order valence-electron chi connectivity index (χ0n) is 25.5. The molecule has 1 unspecified atom stereocenters. The van der Waals surface area contributed by atoms with Crippen LogP contribution in [-0.2, 0) is 22.5 Å². The fraction of sp³-hybridized carbons (Fsp3) is 0.629. The molecule has 0 aliphatic heterocycles. The van der Waals surface area contributed by atoms with Crippen LogP contribution in [-0.4, -0.2) is 44.3 Å². The van der Waals surface area contributed by atoms with Crippen LogP contribution in [0.3, 0.4) is 0 Å². The molecule has 0 aliphatic carbocycles. The molecule has 2 rings (SSSR count). The van der Waals surface area contributed by atoms with Crippen LogP contribution in [0.25, 0.3) is 0 Å². The minimum atomic E-state index is -0.136. The Morgan fingerprint density at radius 1 is 0.769 bits per heavy atom. The standard InChI is InChI=1S/C35H56NO3/c1-5-6-7-8-9-10-11-12-13-14-16-20-32-23-19-24-34(29-32)38-27-28-39-35(37)31(2)25-26-36(3,4)30-33-21-17-15-18-22-33/h15,17-19,21-24,29,31H,5-14,16,20,25-28,30H2,1-4H3/q+1. The molecule has 0 aromatic heterocycles. The van der Waals surface area contributed by atoms with Crippen molar-refractivity contribution >= 4 is 5.97 Å². The Kier molecular flexibility index (Phi) is 16.6. The number of rotatable bonds is 22. The van der Waals surface area contributed by atoms with Gasteiger partial charge in [0, 0.05) is 12.0 Å². The first-order valence-corrected chi connectivity index (χ1v) is 15.6. The maximum atomic E-state index is 12.5. The second-order valence-corrected chi connectivity index (χ2v) is 11.9. The van der Waals surface area contributed by atoms with E-state index in [4.69, 9.17) is 9.47 Å². The molecule has 0 amide bonds. The summed E-state index contributed by atoms with van der Waals surface area (Å²) in [6.45, 7) is 6.79. The van der Waals surface area contributed by atoms with Crippen molar-refractivity contribution in [1.82, 2.24) is 0 Å². The van der Waals surface area contributed by atoms with Crippen LogP contribution in [0.2, 0.25) is 0 Å². The number of quaternary nitrogens is 1. The van der Waals surface area contributed by atoms with Crippen molar-refractivity contribution < 1.29 is 18.8 Å². The summed E-state index contributed by atoms with van der Waals surface area (Å²) >= 11 is 0. The average molecular weight is 539 g/mol. The first kappa shape index (κ1) is 32.9. The van der Waals surface area contributed by atoms with Gasteiger partial charge in [0.1, 0.15) is 25.5 Å². The minimum absolute atomic E-state index is 0.118. The number of ether oxygens (including phenoxy) is 2. The Morgan fingerprint density at radius 3 is 2.05 bits per heavy atom. The zero-order valence-corrected chi connectivity index (χ0v) is 25.5. The van der Waals surface area contributed by atoms with Crippen molar-refractivity contribution in [3.8, 4) is 5.75 Å². The highest BCUT2D eigenvalue weighted by Crippen LogP contribution is 2.18. The lowest BCUT2D eigenvalue weighted by molar-refractivity contribution is -0.904. The monoisotopic (exact) mass is 538 g/mol. The molecule has 1 atom stereocenters. The van der Waals surface area contributed by atoms with Crippen LogP contribution in [0.1, 0.15) is 102 Å². The van der Waals surface area contributed by atoms with Crippen LogP contribution >= 0.6 is 0 Å². The zero-order chi connectivity index (χ0) is 28.2. The minimum Gasteiger partial charge on any atom is -0.490 e. The van der Waals surface area contributed by atoms with Crippen molar-refractivity contribution in [1.29, 1.82) is 0 Å². The van der Waals surface area contributed by atoms with E-state index in [-0.39, 0.29) is 18.5 Å². The van der Waals surface area contributed by atoms with E-state index in [9.17, 15) is 4.79 Å². The van der Waals surface area contributed by atoms with Crippen molar-refractivity contribution in [2.24, 2.45) is 5.92 Å². The van der Waals surface area contributed by atoms with E-state index >= 15 is 0 Å². The number of carbonyl (C=O) groups is 1. The number of benzene rings is 2. The summed E-state index contributed by atoms with van der Waals surface area (Å²) in [6.07, 6.45) is 16.9. The molecule has 0 aliphatic rings. The van der Waals surface area contributed by atoms with Crippen molar-refractivity contribution in [2.45, 2.75) is 104 Å². The van der Waals surface area contributed by atoms with Gasteiger partial charge in [0.05, 0.1) is 26.6 Å². The highest BCUT2D eigenvalue weighted by Gasteiger charge is 2.21. The van der Waals surface area contributed by atoms with Gasteiger partial charge in [-0.1, -0.05) is 121 Å². The highest BCUT2D eigenvalue weighted by molar-refractivity contribution is 5.71. The van der Waals surface area contributed by atoms with Gasteiger partial charge in [-0.3, -0.25) is 4.79 Å². The molecule has 0 saturated heterocycles. The van der Waals surface area contributed by atoms with E-state index in [1.807, 2.05) is 19.1 Å². The molecule has 0 bridgehead atoms. The number of nitrogens with zero attached hydrogens (tertiary/aromatic N) is 1. The van der Waals surface area contributed by atoms with E-state index in [2.05, 4.69) is 63.5 Å². The number of aryl methyl sites for hydroxylation is 1. The maximum absolute atomic E-state index is 12.5. The third-order valence-corrected chi connectivity index (χ3v) is 7.59. The van der Waals surface area contributed by atoms with E-state index in [1.165, 1.54) is 81.8 Å². The predicted molar refractivity (Wildman–Crippen MR) is 164 cm³/mol. The highest BCUT2D eigenvalue weighted by atomic mass is 16.6. The summed E-state index contributed by atoms with van der Waals surface area (Å²) in [5.41, 5.74) is 2.64. The maximum Gasteiger partial charge on any atom is 0.308 e. The van der Waals surface area contributed by atoms with Crippen LogP contribution < -0.4 is 4.74 Å². The Hall–Kier alpha value is -2.33. The molecule has 218 valence electrons. The molecule has 0 saturated carbocycles. The molecule has 39 heavy (non-hydrogen) atoms. The molecule has 0 heterocycles. The first-order chi connectivity index (χ1) is 18.9. The number of hydrogen-bond donors (Lipinski definition) is 0. The largest absolute Gasteiger partial charge is 0.490 e. The van der Waals surface area contributed by atoms with Crippen LogP contribution in [0.15, 0.2) is 54.6 Å². The first-order valence-electron chi connectivity index (χ1n) is 15.6. The number of hydrogen-bond acceptors (Lipinski definition) is 3. The fourth-order valence-electron chi connectivity index (χ4n) is 5.05. The molecule has 0 radical (unpaired) electrons. The van der Waals surface area contributed by atoms with Gasteiger partial charge in [-0.25, -0.2) is 0 Å². The summed E-state index contributed by atoms with van der Waals surface area (Å²) in [4.78, 5) is 12.5. The summed E-state index contributed by atoms with van der Waals surface area (Å²) in [6, 6.07) is 18.9. The normalized spacial score (nSPS) is 12.3. The third kappa shape index (κ3) is 15.8. The molecular weight excluding hydrogens is 482 g/mol. The van der Waals surface area contributed by atoms with Crippen molar-refractivity contribution in [3.05, 3.63) is 65.7 Å². The van der Waals surface area contributed by atoms with Gasteiger partial charge in [-0.15, -0.1) is 0 Å². The Labute approximate surface area is 239 Å². The van der Waals surface area contributed by atoms with E-state index in [0.29, 0.717) is 6.61 Å². The van der Waals surface area contributed by atoms with Crippen molar-refractivity contribution in [2.75, 3.05) is 33.9 Å². The third-order valence-electron chi connectivity index (χ3n) is 7.59. The Morgan fingerprint density at radius 2 is 1.38 bits per heavy atom. The SMILES string of the molecule is CCCCCCCCCCCCCc1cccc(OCCOC(=O)C(C)CC[N+](C)(C)Cc2ccccc2)c1. The fourth-order valence-corrected chi connectivity index (χ4v) is 5.05. The molecule has 2 aromatic carbocycles. The Bertz CT molecular complexity index is 896. The van der Waals surface area contributed by atoms with E-state index < -0.39 is 0 Å². The van der Waals surface area contributed by atoms with Gasteiger partial charge in [0.25, 0.3) is 0 Å². The quantitative estimate of drug-likeness (QED) is 0.0854. The molecule has 2 aromatic rings. The van der Waals surface area contributed by atoms with E-state index in [0.717, 1.165) is 36.2 Å². The topological polar surface area (TPSA) is 35.5 Å². The lowest BCUT2D eigenvalue weighted by atomic mass is 10.0. The number of esters is 1. The van der Waals surface area contributed by atoms with Crippen molar-refractivity contribution in [3.63, 3.8) is 0 Å². The van der Waals surface area contributed by atoms with Crippen LogP contribution in [0, 0.1) is 5.92 Å². The van der Waals surface area contributed by atoms with Gasteiger partial charge in [0.2, 0.25) is 0 Å².